The molecular weight excluding hydrogens is 260 g/mol. The number of anilines is 1. The maximum absolute atomic E-state index is 12.5. The Balaban J connectivity index is 1.90. The van der Waals surface area contributed by atoms with E-state index in [0.717, 1.165) is 13.0 Å². The van der Waals surface area contributed by atoms with E-state index >= 15 is 0 Å². The van der Waals surface area contributed by atoms with Crippen molar-refractivity contribution in [2.45, 2.75) is 12.5 Å². The van der Waals surface area contributed by atoms with Crippen molar-refractivity contribution < 1.29 is 4.65 Å². The molecule has 2 heterocycles. The Hall–Kier alpha value is -1.84. The number of hydrogen-bond acceptors (Lipinski definition) is 2. The first kappa shape index (κ1) is 12.9. The number of likely N-dealkylation sites (N-methyl/N-ethyl adjacent to an activating group) is 1. The second-order valence-electron chi connectivity index (χ2n) is 6.42. The molecule has 1 saturated heterocycles. The van der Waals surface area contributed by atoms with E-state index in [9.17, 15) is 5.21 Å². The summed E-state index contributed by atoms with van der Waals surface area (Å²) in [7, 11) is 1.80. The first-order valence-electron chi connectivity index (χ1n) is 7.62. The molecule has 108 valence electrons. The highest BCUT2D eigenvalue weighted by Crippen LogP contribution is 2.39. The average molecular weight is 280 g/mol. The van der Waals surface area contributed by atoms with Gasteiger partial charge in [0.2, 0.25) is 0 Å². The normalized spacial score (nSPS) is 27.3. The lowest BCUT2D eigenvalue weighted by molar-refractivity contribution is -0.864. The number of piperazine rings is 1. The number of hydrogen-bond donors (Lipinski definition) is 0. The van der Waals surface area contributed by atoms with Gasteiger partial charge in [0.25, 0.3) is 0 Å². The first-order chi connectivity index (χ1) is 10.1. The minimum absolute atomic E-state index is 0.141. The van der Waals surface area contributed by atoms with Crippen LogP contribution in [0.5, 0.6) is 0 Å². The summed E-state index contributed by atoms with van der Waals surface area (Å²) in [5.41, 5.74) is 5.36. The lowest BCUT2D eigenvalue weighted by Crippen LogP contribution is -2.55. The van der Waals surface area contributed by atoms with E-state index in [2.05, 4.69) is 53.4 Å². The van der Waals surface area contributed by atoms with Crippen LogP contribution in [-0.2, 0) is 6.42 Å². The number of nitrogens with zero attached hydrogens (tertiary/aromatic N) is 2. The van der Waals surface area contributed by atoms with Gasteiger partial charge in [-0.05, 0) is 29.2 Å². The topological polar surface area (TPSA) is 26.3 Å². The molecule has 0 aromatic heterocycles. The van der Waals surface area contributed by atoms with Crippen LogP contribution >= 0.6 is 0 Å². The van der Waals surface area contributed by atoms with Gasteiger partial charge < -0.3 is 14.8 Å². The van der Waals surface area contributed by atoms with Gasteiger partial charge >= 0.3 is 0 Å². The summed E-state index contributed by atoms with van der Waals surface area (Å²) >= 11 is 0. The summed E-state index contributed by atoms with van der Waals surface area (Å²) in [5, 5.41) is 12.5. The van der Waals surface area contributed by atoms with Gasteiger partial charge in [-0.3, -0.25) is 0 Å². The molecule has 21 heavy (non-hydrogen) atoms. The molecule has 2 aliphatic rings. The Morgan fingerprint density at radius 1 is 1.05 bits per heavy atom. The van der Waals surface area contributed by atoms with E-state index < -0.39 is 0 Å². The predicted molar refractivity (Wildman–Crippen MR) is 85.1 cm³/mol. The second kappa shape index (κ2) is 4.58. The van der Waals surface area contributed by atoms with Gasteiger partial charge in [-0.25, -0.2) is 0 Å². The molecular formula is C18H20N2O. The second-order valence-corrected chi connectivity index (χ2v) is 6.42. The molecule has 0 amide bonds. The van der Waals surface area contributed by atoms with E-state index in [0.29, 0.717) is 13.1 Å². The summed E-state index contributed by atoms with van der Waals surface area (Å²) in [6, 6.07) is 17.4. The fourth-order valence-electron chi connectivity index (χ4n) is 3.75. The molecule has 0 spiro atoms. The molecule has 0 bridgehead atoms. The third-order valence-corrected chi connectivity index (χ3v) is 4.85. The van der Waals surface area contributed by atoms with Gasteiger partial charge in [0, 0.05) is 5.69 Å². The van der Waals surface area contributed by atoms with Crippen LogP contribution in [0.15, 0.2) is 48.5 Å². The fraction of sp³-hybridized carbons (Fsp3) is 0.333. The Morgan fingerprint density at radius 3 is 2.62 bits per heavy atom. The van der Waals surface area contributed by atoms with E-state index in [1.165, 1.54) is 22.4 Å². The third-order valence-electron chi connectivity index (χ3n) is 4.85. The lowest BCUT2D eigenvalue weighted by Gasteiger charge is -2.50. The average Bonchev–Trinajstić information content (AvgIpc) is 2.60. The van der Waals surface area contributed by atoms with Crippen LogP contribution in [0.3, 0.4) is 0 Å². The van der Waals surface area contributed by atoms with E-state index in [1.54, 1.807) is 7.05 Å². The third kappa shape index (κ3) is 2.13. The smallest absolute Gasteiger partial charge is 0.104 e. The minimum atomic E-state index is -0.141. The van der Waals surface area contributed by atoms with E-state index in [-0.39, 0.29) is 10.7 Å². The first-order valence-corrected chi connectivity index (χ1v) is 7.62. The molecule has 2 atom stereocenters. The number of para-hydroxylation sites is 1. The van der Waals surface area contributed by atoms with Gasteiger partial charge in [-0.1, -0.05) is 42.5 Å². The van der Waals surface area contributed by atoms with Crippen molar-refractivity contribution in [2.24, 2.45) is 0 Å². The van der Waals surface area contributed by atoms with Crippen LogP contribution in [0.4, 0.5) is 5.69 Å². The molecule has 4 rings (SSSR count). The number of rotatable bonds is 0. The molecule has 3 nitrogen and oxygen atoms in total. The lowest BCUT2D eigenvalue weighted by atomic mass is 9.96. The highest BCUT2D eigenvalue weighted by atomic mass is 16.5. The Labute approximate surface area is 125 Å². The highest BCUT2D eigenvalue weighted by Gasteiger charge is 2.36. The van der Waals surface area contributed by atoms with Crippen molar-refractivity contribution in [1.29, 1.82) is 0 Å². The zero-order chi connectivity index (χ0) is 14.4. The van der Waals surface area contributed by atoms with Gasteiger partial charge in [-0.2, -0.15) is 0 Å². The van der Waals surface area contributed by atoms with Crippen molar-refractivity contribution in [3.8, 4) is 0 Å². The molecule has 2 aliphatic heterocycles. The van der Waals surface area contributed by atoms with Crippen molar-refractivity contribution in [1.82, 2.24) is 0 Å². The summed E-state index contributed by atoms with van der Waals surface area (Å²) in [4.78, 5) is 2.44. The van der Waals surface area contributed by atoms with Crippen molar-refractivity contribution in [3.63, 3.8) is 0 Å². The maximum atomic E-state index is 12.5. The molecule has 0 saturated carbocycles. The molecule has 0 radical (unpaired) electrons. The predicted octanol–water partition coefficient (Wildman–Crippen LogP) is 3.10. The van der Waals surface area contributed by atoms with Crippen LogP contribution in [0.2, 0.25) is 0 Å². The Kier molecular flexibility index (Phi) is 2.81. The molecule has 3 heteroatoms. The van der Waals surface area contributed by atoms with Crippen molar-refractivity contribution in [3.05, 3.63) is 70.4 Å². The molecule has 0 N–H and O–H groups in total. The Bertz CT molecular complexity index is 680. The van der Waals surface area contributed by atoms with Crippen molar-refractivity contribution >= 4 is 5.69 Å². The molecule has 2 aromatic rings. The summed E-state index contributed by atoms with van der Waals surface area (Å²) < 4.78 is -0.141. The molecule has 1 fully saturated rings. The summed E-state index contributed by atoms with van der Waals surface area (Å²) in [6.07, 6.45) is 0.960. The monoisotopic (exact) mass is 280 g/mol. The van der Waals surface area contributed by atoms with Gasteiger partial charge in [0.15, 0.2) is 0 Å². The van der Waals surface area contributed by atoms with Gasteiger partial charge in [-0.15, -0.1) is 0 Å². The molecule has 0 unspecified atom stereocenters. The zero-order valence-electron chi connectivity index (χ0n) is 12.3. The maximum Gasteiger partial charge on any atom is 0.104 e. The van der Waals surface area contributed by atoms with Gasteiger partial charge in [0.05, 0.1) is 20.1 Å². The SMILES string of the molecule is C[N@@+]1([O-])CCN2c3ccccc3Cc3ccccc3[C@H]2C1. The summed E-state index contributed by atoms with van der Waals surface area (Å²) in [5.74, 6) is 0. The number of hydroxylamine groups is 3. The number of quaternary nitrogens is 1. The van der Waals surface area contributed by atoms with Gasteiger partial charge in [0.1, 0.15) is 12.6 Å². The molecule has 0 aliphatic carbocycles. The van der Waals surface area contributed by atoms with Crippen LogP contribution in [0.1, 0.15) is 22.7 Å². The molecule has 2 aromatic carbocycles. The fourth-order valence-corrected chi connectivity index (χ4v) is 3.75. The van der Waals surface area contributed by atoms with E-state index in [1.807, 2.05) is 0 Å². The zero-order valence-corrected chi connectivity index (χ0v) is 12.3. The van der Waals surface area contributed by atoms with Crippen molar-refractivity contribution in [2.75, 3.05) is 31.6 Å². The van der Waals surface area contributed by atoms with Crippen LogP contribution in [0, 0.1) is 5.21 Å². The van der Waals surface area contributed by atoms with Crippen LogP contribution in [0.25, 0.3) is 0 Å². The minimum Gasteiger partial charge on any atom is -0.633 e. The number of fused-ring (bicyclic) bond motifs is 5. The van der Waals surface area contributed by atoms with Crippen LogP contribution in [-0.4, -0.2) is 31.3 Å². The largest absolute Gasteiger partial charge is 0.633 e. The summed E-state index contributed by atoms with van der Waals surface area (Å²) in [6.45, 7) is 2.12. The quantitative estimate of drug-likeness (QED) is 0.547. The highest BCUT2D eigenvalue weighted by molar-refractivity contribution is 5.60. The standard InChI is InChI=1S/C18H20N2O/c1-20(21)11-10-19-17-9-5-3-7-15(17)12-14-6-2-4-8-16(14)18(19)13-20/h2-9,18H,10-13H2,1H3/t18-,20-/m1/s1. The number of benzene rings is 2. The van der Waals surface area contributed by atoms with E-state index in [4.69, 9.17) is 0 Å². The Morgan fingerprint density at radius 2 is 1.76 bits per heavy atom. The van der Waals surface area contributed by atoms with Crippen LogP contribution < -0.4 is 4.90 Å².